The van der Waals surface area contributed by atoms with Crippen LogP contribution in [-0.2, 0) is 6.42 Å². The molecule has 0 saturated heterocycles. The minimum absolute atomic E-state index is 0.0757. The van der Waals surface area contributed by atoms with Gasteiger partial charge in [-0.05, 0) is 24.1 Å². The molecule has 0 heterocycles. The number of hydrogen-bond donors (Lipinski definition) is 2. The molecule has 0 bridgehead atoms. The van der Waals surface area contributed by atoms with Gasteiger partial charge in [0.1, 0.15) is 0 Å². The van der Waals surface area contributed by atoms with Crippen LogP contribution in [0.15, 0.2) is 18.2 Å². The molecule has 1 aromatic rings. The highest BCUT2D eigenvalue weighted by Gasteiger charge is 2.01. The van der Waals surface area contributed by atoms with Crippen LogP contribution in [0.1, 0.15) is 5.56 Å². The average molecular weight is 311 g/mol. The molecule has 2 N–H and O–H groups in total. The topological polar surface area (TPSA) is 43.7 Å². The van der Waals surface area contributed by atoms with Crippen molar-refractivity contribution in [3.05, 3.63) is 23.8 Å². The van der Waals surface area contributed by atoms with Gasteiger partial charge < -0.3 is 10.2 Å². The first-order valence-electron chi connectivity index (χ1n) is 3.69. The Balaban J connectivity index is 2.63. The lowest BCUT2D eigenvalue weighted by molar-refractivity contribution is 0.403. The predicted molar refractivity (Wildman–Crippen MR) is 58.0 cm³/mol. The summed E-state index contributed by atoms with van der Waals surface area (Å²) in [6, 6.07) is 4.81. The fourth-order valence-corrected chi connectivity index (χ4v) is 1.29. The van der Waals surface area contributed by atoms with E-state index in [1.54, 1.807) is 15.1 Å². The van der Waals surface area contributed by atoms with Crippen molar-refractivity contribution in [1.82, 2.24) is 2.95 Å². The van der Waals surface area contributed by atoms with Crippen molar-refractivity contribution >= 4 is 32.3 Å². The Morgan fingerprint density at radius 2 is 1.85 bits per heavy atom. The molecule has 0 saturated carbocycles. The molecule has 0 radical (unpaired) electrons. The zero-order chi connectivity index (χ0) is 9.84. The number of halogens is 2. The zero-order valence-electron chi connectivity index (χ0n) is 6.74. The summed E-state index contributed by atoms with van der Waals surface area (Å²) >= 11 is 6.41. The van der Waals surface area contributed by atoms with Crippen molar-refractivity contribution in [3.63, 3.8) is 0 Å². The number of nitrogens with zero attached hydrogens (tertiary/aromatic N) is 1. The van der Waals surface area contributed by atoms with Crippen LogP contribution in [0.3, 0.4) is 0 Å². The van der Waals surface area contributed by atoms with Crippen LogP contribution in [0.4, 0.5) is 0 Å². The minimum Gasteiger partial charge on any atom is -0.504 e. The number of phenolic OH excluding ortho intramolecular Hbond substituents is 2. The Labute approximate surface area is 93.7 Å². The molecule has 1 rings (SSSR count). The van der Waals surface area contributed by atoms with Gasteiger partial charge in [0, 0.05) is 38.8 Å². The van der Waals surface area contributed by atoms with Crippen molar-refractivity contribution in [2.45, 2.75) is 6.42 Å². The molecule has 0 atom stereocenters. The standard InChI is InChI=1S/C8H9Br2NO2/c9-11(10)4-3-6-1-2-7(12)8(13)5-6/h1-2,5,12-13H,3-4H2. The van der Waals surface area contributed by atoms with E-state index in [0.29, 0.717) is 0 Å². The molecule has 5 heteroatoms. The first kappa shape index (κ1) is 10.8. The van der Waals surface area contributed by atoms with E-state index in [2.05, 4.69) is 32.3 Å². The van der Waals surface area contributed by atoms with Crippen molar-refractivity contribution in [3.8, 4) is 11.5 Å². The fraction of sp³-hybridized carbons (Fsp3) is 0.250. The lowest BCUT2D eigenvalue weighted by Gasteiger charge is -2.05. The highest BCUT2D eigenvalue weighted by molar-refractivity contribution is 9.21. The molecule has 3 nitrogen and oxygen atoms in total. The van der Waals surface area contributed by atoms with Gasteiger partial charge >= 0.3 is 0 Å². The maximum absolute atomic E-state index is 9.18. The quantitative estimate of drug-likeness (QED) is 0.666. The molecule has 0 unspecified atom stereocenters. The van der Waals surface area contributed by atoms with Gasteiger partial charge in [-0.3, -0.25) is 0 Å². The van der Waals surface area contributed by atoms with E-state index in [4.69, 9.17) is 5.11 Å². The number of hydrogen-bond acceptors (Lipinski definition) is 3. The number of aromatic hydroxyl groups is 2. The van der Waals surface area contributed by atoms with Crippen LogP contribution in [0.25, 0.3) is 0 Å². The van der Waals surface area contributed by atoms with Crippen molar-refractivity contribution in [2.24, 2.45) is 0 Å². The van der Waals surface area contributed by atoms with Crippen molar-refractivity contribution < 1.29 is 10.2 Å². The van der Waals surface area contributed by atoms with Crippen LogP contribution >= 0.6 is 32.3 Å². The fourth-order valence-electron chi connectivity index (χ4n) is 0.938. The van der Waals surface area contributed by atoms with Gasteiger partial charge in [0.05, 0.1) is 0 Å². The molecule has 0 fully saturated rings. The molecule has 0 aliphatic heterocycles. The first-order chi connectivity index (χ1) is 6.09. The summed E-state index contributed by atoms with van der Waals surface area (Å²) < 4.78 is 1.70. The summed E-state index contributed by atoms with van der Waals surface area (Å²) in [6.07, 6.45) is 0.782. The molecular weight excluding hydrogens is 302 g/mol. The second kappa shape index (κ2) is 4.83. The summed E-state index contributed by atoms with van der Waals surface area (Å²) in [5.74, 6) is -0.161. The second-order valence-corrected chi connectivity index (χ2v) is 5.26. The van der Waals surface area contributed by atoms with Crippen LogP contribution in [-0.4, -0.2) is 19.7 Å². The van der Waals surface area contributed by atoms with Gasteiger partial charge in [0.2, 0.25) is 0 Å². The highest BCUT2D eigenvalue weighted by atomic mass is 79.9. The highest BCUT2D eigenvalue weighted by Crippen LogP contribution is 2.25. The second-order valence-electron chi connectivity index (χ2n) is 2.60. The van der Waals surface area contributed by atoms with Gasteiger partial charge in [0.15, 0.2) is 11.5 Å². The van der Waals surface area contributed by atoms with E-state index in [9.17, 15) is 5.11 Å². The van der Waals surface area contributed by atoms with E-state index >= 15 is 0 Å². The number of rotatable bonds is 3. The summed E-state index contributed by atoms with van der Waals surface area (Å²) in [6.45, 7) is 0.768. The minimum atomic E-state index is -0.0849. The monoisotopic (exact) mass is 309 g/mol. The van der Waals surface area contributed by atoms with Crippen LogP contribution in [0.5, 0.6) is 11.5 Å². The van der Waals surface area contributed by atoms with E-state index in [1.807, 2.05) is 0 Å². The summed E-state index contributed by atoms with van der Waals surface area (Å²) in [5, 5.41) is 18.2. The van der Waals surface area contributed by atoms with Crippen LogP contribution in [0, 0.1) is 0 Å². The smallest absolute Gasteiger partial charge is 0.157 e. The Morgan fingerprint density at radius 1 is 1.15 bits per heavy atom. The van der Waals surface area contributed by atoms with E-state index in [-0.39, 0.29) is 11.5 Å². The Hall–Kier alpha value is -0.260. The first-order valence-corrected chi connectivity index (χ1v) is 5.11. The summed E-state index contributed by atoms with van der Waals surface area (Å²) in [5.41, 5.74) is 0.971. The third-order valence-corrected chi connectivity index (χ3v) is 2.32. The molecule has 0 aliphatic rings. The van der Waals surface area contributed by atoms with Gasteiger partial charge in [-0.25, -0.2) is 0 Å². The Morgan fingerprint density at radius 3 is 2.38 bits per heavy atom. The third-order valence-electron chi connectivity index (χ3n) is 1.61. The molecular formula is C8H9Br2NO2. The molecule has 13 heavy (non-hydrogen) atoms. The lowest BCUT2D eigenvalue weighted by atomic mass is 10.1. The molecule has 0 spiro atoms. The van der Waals surface area contributed by atoms with E-state index in [1.165, 1.54) is 6.07 Å². The average Bonchev–Trinajstić information content (AvgIpc) is 2.07. The van der Waals surface area contributed by atoms with Gasteiger partial charge in [-0.2, -0.15) is 2.95 Å². The largest absolute Gasteiger partial charge is 0.504 e. The molecule has 1 aromatic carbocycles. The molecule has 72 valence electrons. The summed E-state index contributed by atoms with van der Waals surface area (Å²) in [4.78, 5) is 0. The lowest BCUT2D eigenvalue weighted by Crippen LogP contribution is -2.02. The molecule has 0 aliphatic carbocycles. The van der Waals surface area contributed by atoms with E-state index < -0.39 is 0 Å². The SMILES string of the molecule is Oc1ccc(CCN(Br)Br)cc1O. The van der Waals surface area contributed by atoms with Crippen LogP contribution in [0.2, 0.25) is 0 Å². The van der Waals surface area contributed by atoms with Crippen LogP contribution < -0.4 is 0 Å². The van der Waals surface area contributed by atoms with Gasteiger partial charge in [-0.15, -0.1) is 0 Å². The van der Waals surface area contributed by atoms with E-state index in [0.717, 1.165) is 18.5 Å². The van der Waals surface area contributed by atoms with Gasteiger partial charge in [-0.1, -0.05) is 6.07 Å². The zero-order valence-corrected chi connectivity index (χ0v) is 9.92. The number of phenols is 2. The third kappa shape index (κ3) is 3.54. The maximum atomic E-state index is 9.18. The summed E-state index contributed by atoms with van der Waals surface area (Å²) in [7, 11) is 0. The van der Waals surface area contributed by atoms with Crippen molar-refractivity contribution in [2.75, 3.05) is 6.54 Å². The maximum Gasteiger partial charge on any atom is 0.157 e. The molecule has 0 aromatic heterocycles. The predicted octanol–water partition coefficient (Wildman–Crippen LogP) is 2.56. The van der Waals surface area contributed by atoms with Gasteiger partial charge in [0.25, 0.3) is 0 Å². The molecule has 0 amide bonds. The Bertz CT molecular complexity index is 291. The number of benzene rings is 1. The normalized spacial score (nSPS) is 10.7. The van der Waals surface area contributed by atoms with Crippen molar-refractivity contribution in [1.29, 1.82) is 0 Å². The Kier molecular flexibility index (Phi) is 4.02.